The lowest BCUT2D eigenvalue weighted by Crippen LogP contribution is -2.10. The van der Waals surface area contributed by atoms with Crippen LogP contribution in [0.3, 0.4) is 0 Å². The van der Waals surface area contributed by atoms with E-state index in [0.29, 0.717) is 6.54 Å². The predicted octanol–water partition coefficient (Wildman–Crippen LogP) is 1.58. The summed E-state index contributed by atoms with van der Waals surface area (Å²) in [4.78, 5) is 15.5. The maximum atomic E-state index is 9.89. The van der Waals surface area contributed by atoms with Crippen LogP contribution in [0.5, 0.6) is 0 Å². The third-order valence-corrected chi connectivity index (χ3v) is 1.85. The quantitative estimate of drug-likeness (QED) is 0.533. The van der Waals surface area contributed by atoms with Gasteiger partial charge in [0.1, 0.15) is 0 Å². The van der Waals surface area contributed by atoms with Gasteiger partial charge in [-0.3, -0.25) is 0 Å². The molecule has 1 aromatic carbocycles. The van der Waals surface area contributed by atoms with Gasteiger partial charge in [-0.2, -0.15) is 0 Å². The number of rotatable bonds is 4. The molecule has 0 N–H and O–H groups in total. The highest BCUT2D eigenvalue weighted by Crippen LogP contribution is 2.06. The van der Waals surface area contributed by atoms with Gasteiger partial charge in [0.15, 0.2) is 0 Å². The first-order valence-corrected chi connectivity index (χ1v) is 4.48. The van der Waals surface area contributed by atoms with E-state index in [0.717, 1.165) is 12.1 Å². The van der Waals surface area contributed by atoms with Crippen molar-refractivity contribution in [2.24, 2.45) is 4.99 Å². The Morgan fingerprint density at radius 2 is 1.79 bits per heavy atom. The fourth-order valence-corrected chi connectivity index (χ4v) is 1.24. The smallest absolute Gasteiger partial charge is 0.235 e. The lowest BCUT2D eigenvalue weighted by atomic mass is 10.1. The minimum atomic E-state index is 0.422. The average molecular weight is 190 g/mol. The molecule has 0 aliphatic carbocycles. The van der Waals surface area contributed by atoms with Crippen LogP contribution < -0.4 is 0 Å². The van der Waals surface area contributed by atoms with Crippen LogP contribution in [0.2, 0.25) is 0 Å². The molecule has 0 aromatic heterocycles. The first-order valence-electron chi connectivity index (χ1n) is 4.48. The van der Waals surface area contributed by atoms with Gasteiger partial charge in [-0.1, -0.05) is 24.3 Å². The molecule has 0 radical (unpaired) electrons. The molecule has 0 atom stereocenters. The fourth-order valence-electron chi connectivity index (χ4n) is 1.24. The van der Waals surface area contributed by atoms with Crippen molar-refractivity contribution in [2.45, 2.75) is 13.1 Å². The highest BCUT2D eigenvalue weighted by molar-refractivity contribution is 5.34. The summed E-state index contributed by atoms with van der Waals surface area (Å²) in [6.45, 7) is 1.35. The van der Waals surface area contributed by atoms with Crippen molar-refractivity contribution in [1.82, 2.24) is 4.90 Å². The van der Waals surface area contributed by atoms with Crippen LogP contribution in [0.25, 0.3) is 0 Å². The van der Waals surface area contributed by atoms with E-state index in [1.54, 1.807) is 0 Å². The molecule has 1 rings (SSSR count). The van der Waals surface area contributed by atoms with Gasteiger partial charge >= 0.3 is 0 Å². The first-order chi connectivity index (χ1) is 6.72. The molecule has 14 heavy (non-hydrogen) atoms. The monoisotopic (exact) mass is 190 g/mol. The topological polar surface area (TPSA) is 32.7 Å². The van der Waals surface area contributed by atoms with Crippen LogP contribution >= 0.6 is 0 Å². The van der Waals surface area contributed by atoms with E-state index in [2.05, 4.69) is 22.0 Å². The maximum Gasteiger partial charge on any atom is 0.235 e. The molecule has 0 amide bonds. The summed E-state index contributed by atoms with van der Waals surface area (Å²) in [7, 11) is 4.06. The van der Waals surface area contributed by atoms with Crippen molar-refractivity contribution in [1.29, 1.82) is 0 Å². The van der Waals surface area contributed by atoms with E-state index in [1.807, 2.05) is 26.2 Å². The van der Waals surface area contributed by atoms with E-state index in [1.165, 1.54) is 11.6 Å². The summed E-state index contributed by atoms with van der Waals surface area (Å²) in [5.41, 5.74) is 2.30. The number of hydrogen-bond acceptors (Lipinski definition) is 3. The predicted molar refractivity (Wildman–Crippen MR) is 55.7 cm³/mol. The van der Waals surface area contributed by atoms with Crippen LogP contribution in [0, 0.1) is 0 Å². The molecule has 1 aromatic rings. The number of nitrogens with zero attached hydrogens (tertiary/aromatic N) is 2. The standard InChI is InChI=1S/C11H14N2O/c1-13(2)8-11-5-3-10(4-6-11)7-12-9-14/h3-6H,7-8H2,1-2H3. The van der Waals surface area contributed by atoms with E-state index >= 15 is 0 Å². The molecule has 0 fully saturated rings. The van der Waals surface area contributed by atoms with Crippen molar-refractivity contribution in [3.8, 4) is 0 Å². The second kappa shape index (κ2) is 5.32. The maximum absolute atomic E-state index is 9.89. The van der Waals surface area contributed by atoms with Gasteiger partial charge in [-0.15, -0.1) is 0 Å². The molecule has 74 valence electrons. The fraction of sp³-hybridized carbons (Fsp3) is 0.364. The number of isocyanates is 1. The average Bonchev–Trinajstić information content (AvgIpc) is 2.16. The molecule has 0 saturated heterocycles. The Kier molecular flexibility index (Phi) is 4.05. The summed E-state index contributed by atoms with van der Waals surface area (Å²) in [6.07, 6.45) is 1.53. The summed E-state index contributed by atoms with van der Waals surface area (Å²) in [6, 6.07) is 8.07. The normalized spacial score (nSPS) is 9.93. The van der Waals surface area contributed by atoms with Crippen molar-refractivity contribution >= 4 is 6.08 Å². The Hall–Kier alpha value is -1.44. The Labute approximate surface area is 84.1 Å². The summed E-state index contributed by atoms with van der Waals surface area (Å²) < 4.78 is 0. The Morgan fingerprint density at radius 1 is 1.21 bits per heavy atom. The largest absolute Gasteiger partial charge is 0.305 e. The van der Waals surface area contributed by atoms with E-state index < -0.39 is 0 Å². The zero-order valence-electron chi connectivity index (χ0n) is 8.53. The van der Waals surface area contributed by atoms with Gasteiger partial charge in [0.25, 0.3) is 0 Å². The van der Waals surface area contributed by atoms with Crippen LogP contribution in [-0.4, -0.2) is 25.1 Å². The molecular formula is C11H14N2O. The van der Waals surface area contributed by atoms with Crippen molar-refractivity contribution in [3.05, 3.63) is 35.4 Å². The van der Waals surface area contributed by atoms with E-state index in [9.17, 15) is 4.79 Å². The number of aliphatic imine (C=N–C) groups is 1. The van der Waals surface area contributed by atoms with Crippen molar-refractivity contribution < 1.29 is 4.79 Å². The molecule has 0 saturated carbocycles. The lowest BCUT2D eigenvalue weighted by Gasteiger charge is -2.09. The number of carbonyl (C=O) groups excluding carboxylic acids is 1. The van der Waals surface area contributed by atoms with Gasteiger partial charge in [0.05, 0.1) is 6.54 Å². The SMILES string of the molecule is CN(C)Cc1ccc(CN=C=O)cc1. The van der Waals surface area contributed by atoms with E-state index in [-0.39, 0.29) is 0 Å². The van der Waals surface area contributed by atoms with Crippen molar-refractivity contribution in [2.75, 3.05) is 14.1 Å². The summed E-state index contributed by atoms with van der Waals surface area (Å²) >= 11 is 0. The molecule has 3 heteroatoms. The van der Waals surface area contributed by atoms with Crippen LogP contribution in [0.15, 0.2) is 29.3 Å². The minimum absolute atomic E-state index is 0.422. The zero-order valence-corrected chi connectivity index (χ0v) is 8.53. The van der Waals surface area contributed by atoms with Gasteiger partial charge in [0.2, 0.25) is 6.08 Å². The number of benzene rings is 1. The summed E-state index contributed by atoms with van der Waals surface area (Å²) in [5.74, 6) is 0. The summed E-state index contributed by atoms with van der Waals surface area (Å²) in [5, 5.41) is 0. The van der Waals surface area contributed by atoms with Crippen LogP contribution in [0.1, 0.15) is 11.1 Å². The zero-order chi connectivity index (χ0) is 10.4. The Morgan fingerprint density at radius 3 is 2.29 bits per heavy atom. The van der Waals surface area contributed by atoms with Gasteiger partial charge in [0, 0.05) is 6.54 Å². The lowest BCUT2D eigenvalue weighted by molar-refractivity contribution is 0.402. The first kappa shape index (κ1) is 10.6. The number of hydrogen-bond donors (Lipinski definition) is 0. The molecule has 0 unspecified atom stereocenters. The van der Waals surface area contributed by atoms with Crippen LogP contribution in [-0.2, 0) is 17.9 Å². The highest BCUT2D eigenvalue weighted by atomic mass is 16.1. The second-order valence-corrected chi connectivity index (χ2v) is 3.46. The highest BCUT2D eigenvalue weighted by Gasteiger charge is 1.95. The van der Waals surface area contributed by atoms with Crippen LogP contribution in [0.4, 0.5) is 0 Å². The third-order valence-electron chi connectivity index (χ3n) is 1.85. The minimum Gasteiger partial charge on any atom is -0.305 e. The second-order valence-electron chi connectivity index (χ2n) is 3.46. The van der Waals surface area contributed by atoms with Gasteiger partial charge in [-0.25, -0.2) is 9.79 Å². The molecule has 0 spiro atoms. The molecular weight excluding hydrogens is 176 g/mol. The van der Waals surface area contributed by atoms with Gasteiger partial charge in [-0.05, 0) is 25.2 Å². The molecule has 0 bridgehead atoms. The molecule has 3 nitrogen and oxygen atoms in total. The third kappa shape index (κ3) is 3.52. The molecule has 0 aliphatic heterocycles. The van der Waals surface area contributed by atoms with Gasteiger partial charge < -0.3 is 4.90 Å². The Bertz CT molecular complexity index is 324. The van der Waals surface area contributed by atoms with Crippen molar-refractivity contribution in [3.63, 3.8) is 0 Å². The Balaban J connectivity index is 2.63. The molecule has 0 heterocycles. The molecule has 0 aliphatic rings. The van der Waals surface area contributed by atoms with E-state index in [4.69, 9.17) is 0 Å².